The minimum Gasteiger partial charge on any atom is -0.391 e. The molecule has 0 aromatic carbocycles. The average Bonchev–Trinajstić information content (AvgIpc) is 2.08. The molecule has 11 heavy (non-hydrogen) atoms. The van der Waals surface area contributed by atoms with E-state index < -0.39 is 31.5 Å². The van der Waals surface area contributed by atoms with Gasteiger partial charge in [0.25, 0.3) is 0 Å². The number of hydrogen-bond acceptors (Lipinski definition) is 1. The second-order valence-corrected chi connectivity index (χ2v) is 3.08. The third-order valence-electron chi connectivity index (χ3n) is 1.65. The standard InChI is InChI=1S/C6H10BrF3O/c7-1-5(11)6(2-8,3-9)4-10/h5,11H,1-4H2. The summed E-state index contributed by atoms with van der Waals surface area (Å²) in [5.74, 6) is 0. The summed E-state index contributed by atoms with van der Waals surface area (Å²) in [6.45, 7) is -3.56. The van der Waals surface area contributed by atoms with Crippen LogP contribution in [0.2, 0.25) is 0 Å². The summed E-state index contributed by atoms with van der Waals surface area (Å²) in [6.07, 6.45) is -1.32. The summed E-state index contributed by atoms with van der Waals surface area (Å²) in [4.78, 5) is 0. The van der Waals surface area contributed by atoms with Crippen LogP contribution in [0.1, 0.15) is 0 Å². The van der Waals surface area contributed by atoms with Gasteiger partial charge in [0.15, 0.2) is 0 Å². The zero-order chi connectivity index (χ0) is 8.91. The van der Waals surface area contributed by atoms with E-state index in [-0.39, 0.29) is 5.33 Å². The van der Waals surface area contributed by atoms with Gasteiger partial charge in [-0.05, 0) is 0 Å². The van der Waals surface area contributed by atoms with Gasteiger partial charge in [-0.25, -0.2) is 0 Å². The Morgan fingerprint density at radius 1 is 1.18 bits per heavy atom. The fourth-order valence-electron chi connectivity index (χ4n) is 0.538. The Hall–Kier alpha value is 0.230. The molecule has 0 saturated heterocycles. The summed E-state index contributed by atoms with van der Waals surface area (Å²) in [6, 6.07) is 0. The van der Waals surface area contributed by atoms with E-state index in [9.17, 15) is 13.2 Å². The minimum absolute atomic E-state index is 0.0231. The quantitative estimate of drug-likeness (QED) is 0.718. The fraction of sp³-hybridized carbons (Fsp3) is 1.00. The Balaban J connectivity index is 4.26. The second-order valence-electron chi connectivity index (χ2n) is 2.43. The first kappa shape index (κ1) is 11.2. The van der Waals surface area contributed by atoms with Gasteiger partial charge >= 0.3 is 0 Å². The Morgan fingerprint density at radius 3 is 1.64 bits per heavy atom. The van der Waals surface area contributed by atoms with Crippen molar-refractivity contribution in [2.75, 3.05) is 25.4 Å². The molecule has 0 rings (SSSR count). The van der Waals surface area contributed by atoms with Crippen LogP contribution < -0.4 is 0 Å². The van der Waals surface area contributed by atoms with Crippen molar-refractivity contribution in [3.05, 3.63) is 0 Å². The molecule has 0 aliphatic heterocycles. The van der Waals surface area contributed by atoms with Crippen LogP contribution >= 0.6 is 15.9 Å². The summed E-state index contributed by atoms with van der Waals surface area (Å²) < 4.78 is 36.3. The first-order valence-corrected chi connectivity index (χ1v) is 4.21. The van der Waals surface area contributed by atoms with Crippen molar-refractivity contribution in [3.63, 3.8) is 0 Å². The molecule has 0 bridgehead atoms. The number of rotatable bonds is 5. The smallest absolute Gasteiger partial charge is 0.103 e. The molecule has 0 aromatic rings. The molecule has 0 heterocycles. The lowest BCUT2D eigenvalue weighted by Gasteiger charge is -2.28. The van der Waals surface area contributed by atoms with Crippen molar-refractivity contribution in [3.8, 4) is 0 Å². The predicted molar refractivity (Wildman–Crippen MR) is 40.2 cm³/mol. The van der Waals surface area contributed by atoms with Gasteiger partial charge in [-0.1, -0.05) is 15.9 Å². The van der Waals surface area contributed by atoms with E-state index in [4.69, 9.17) is 5.11 Å². The highest BCUT2D eigenvalue weighted by atomic mass is 79.9. The zero-order valence-electron chi connectivity index (χ0n) is 5.86. The maximum absolute atomic E-state index is 12.1. The molecule has 1 atom stereocenters. The molecule has 0 radical (unpaired) electrons. The van der Waals surface area contributed by atoms with Crippen LogP contribution in [-0.2, 0) is 0 Å². The van der Waals surface area contributed by atoms with Gasteiger partial charge in [-0.3, -0.25) is 13.2 Å². The number of halogens is 4. The van der Waals surface area contributed by atoms with Crippen molar-refractivity contribution < 1.29 is 18.3 Å². The van der Waals surface area contributed by atoms with Crippen LogP contribution in [0, 0.1) is 5.41 Å². The lowest BCUT2D eigenvalue weighted by Crippen LogP contribution is -2.42. The molecule has 5 heteroatoms. The Kier molecular flexibility index (Phi) is 5.08. The molecule has 0 aromatic heterocycles. The van der Waals surface area contributed by atoms with Gasteiger partial charge < -0.3 is 5.11 Å². The minimum atomic E-state index is -1.86. The van der Waals surface area contributed by atoms with Gasteiger partial charge in [0.05, 0.1) is 11.5 Å². The second kappa shape index (κ2) is 4.98. The van der Waals surface area contributed by atoms with Gasteiger partial charge in [-0.15, -0.1) is 0 Å². The van der Waals surface area contributed by atoms with Crippen molar-refractivity contribution >= 4 is 15.9 Å². The van der Waals surface area contributed by atoms with E-state index >= 15 is 0 Å². The molecular weight excluding hydrogens is 225 g/mol. The average molecular weight is 235 g/mol. The fourth-order valence-corrected chi connectivity index (χ4v) is 1.22. The van der Waals surface area contributed by atoms with E-state index in [1.54, 1.807) is 0 Å². The Labute approximate surface area is 71.7 Å². The molecule has 1 nitrogen and oxygen atoms in total. The first-order chi connectivity index (χ1) is 5.16. The van der Waals surface area contributed by atoms with E-state index in [2.05, 4.69) is 15.9 Å². The summed E-state index contributed by atoms with van der Waals surface area (Å²) in [5.41, 5.74) is -1.86. The van der Waals surface area contributed by atoms with Crippen LogP contribution in [0.3, 0.4) is 0 Å². The monoisotopic (exact) mass is 234 g/mol. The van der Waals surface area contributed by atoms with Gasteiger partial charge in [0, 0.05) is 5.33 Å². The normalized spacial score (nSPS) is 15.0. The number of aliphatic hydroxyl groups is 1. The highest BCUT2D eigenvalue weighted by Crippen LogP contribution is 2.25. The molecule has 0 aliphatic carbocycles. The van der Waals surface area contributed by atoms with Crippen LogP contribution in [0.15, 0.2) is 0 Å². The maximum Gasteiger partial charge on any atom is 0.103 e. The SMILES string of the molecule is OC(CBr)C(CF)(CF)CF. The molecule has 1 unspecified atom stereocenters. The Bertz CT molecular complexity index is 99.7. The molecule has 68 valence electrons. The summed E-state index contributed by atoms with van der Waals surface area (Å²) in [7, 11) is 0. The zero-order valence-corrected chi connectivity index (χ0v) is 7.45. The first-order valence-electron chi connectivity index (χ1n) is 3.08. The predicted octanol–water partition coefficient (Wildman–Crippen LogP) is 1.64. The number of alkyl halides is 4. The Morgan fingerprint density at radius 2 is 1.55 bits per heavy atom. The highest BCUT2D eigenvalue weighted by molar-refractivity contribution is 9.09. The largest absolute Gasteiger partial charge is 0.391 e. The third kappa shape index (κ3) is 2.33. The molecule has 0 saturated carbocycles. The van der Waals surface area contributed by atoms with E-state index in [0.717, 1.165) is 0 Å². The molecule has 0 fully saturated rings. The van der Waals surface area contributed by atoms with Crippen molar-refractivity contribution in [1.29, 1.82) is 0 Å². The molecule has 0 aliphatic rings. The topological polar surface area (TPSA) is 20.2 Å². The van der Waals surface area contributed by atoms with Crippen molar-refractivity contribution in [2.45, 2.75) is 6.10 Å². The highest BCUT2D eigenvalue weighted by Gasteiger charge is 2.38. The van der Waals surface area contributed by atoms with Crippen LogP contribution in [0.5, 0.6) is 0 Å². The van der Waals surface area contributed by atoms with E-state index in [1.807, 2.05) is 0 Å². The summed E-state index contributed by atoms with van der Waals surface area (Å²) >= 11 is 2.82. The van der Waals surface area contributed by atoms with E-state index in [1.165, 1.54) is 0 Å². The van der Waals surface area contributed by atoms with Gasteiger partial charge in [0.1, 0.15) is 20.0 Å². The number of aliphatic hydroxyl groups excluding tert-OH is 1. The molecular formula is C6H10BrF3O. The van der Waals surface area contributed by atoms with Gasteiger partial charge in [0.2, 0.25) is 0 Å². The van der Waals surface area contributed by atoms with Crippen molar-refractivity contribution in [2.24, 2.45) is 5.41 Å². The van der Waals surface area contributed by atoms with Gasteiger partial charge in [-0.2, -0.15) is 0 Å². The summed E-state index contributed by atoms with van der Waals surface area (Å²) in [5, 5.41) is 8.98. The molecule has 1 N–H and O–H groups in total. The van der Waals surface area contributed by atoms with Crippen LogP contribution in [-0.4, -0.2) is 36.6 Å². The maximum atomic E-state index is 12.1. The lowest BCUT2D eigenvalue weighted by molar-refractivity contribution is -0.0135. The molecule has 0 spiro atoms. The molecule has 0 amide bonds. The number of hydrogen-bond donors (Lipinski definition) is 1. The third-order valence-corrected chi connectivity index (χ3v) is 2.26. The lowest BCUT2D eigenvalue weighted by atomic mass is 9.87. The van der Waals surface area contributed by atoms with Crippen LogP contribution in [0.25, 0.3) is 0 Å². The van der Waals surface area contributed by atoms with Crippen molar-refractivity contribution in [1.82, 2.24) is 0 Å². The van der Waals surface area contributed by atoms with Crippen LogP contribution in [0.4, 0.5) is 13.2 Å². The van der Waals surface area contributed by atoms with E-state index in [0.29, 0.717) is 0 Å².